The Morgan fingerprint density at radius 2 is 1.63 bits per heavy atom. The van der Waals surface area contributed by atoms with Crippen LogP contribution in [0.2, 0.25) is 0 Å². The maximum absolute atomic E-state index is 13.4. The smallest absolute Gasteiger partial charge is 0.455 e. The molecule has 0 bridgehead atoms. The van der Waals surface area contributed by atoms with E-state index in [1.54, 1.807) is 39.0 Å². The predicted octanol–water partition coefficient (Wildman–Crippen LogP) is 5.49. The number of terminal acetylenes is 1. The van der Waals surface area contributed by atoms with Crippen LogP contribution in [0.15, 0.2) is 80.7 Å². The summed E-state index contributed by atoms with van der Waals surface area (Å²) in [5.41, 5.74) is 2.46. The molecule has 0 spiro atoms. The van der Waals surface area contributed by atoms with Crippen LogP contribution in [-0.2, 0) is 18.9 Å². The molecule has 1 aliphatic rings. The second-order valence-corrected chi connectivity index (χ2v) is 8.41. The molecule has 2 aromatic carbocycles. The van der Waals surface area contributed by atoms with Crippen LogP contribution in [0.4, 0.5) is 9.59 Å². The van der Waals surface area contributed by atoms with Gasteiger partial charge in [-0.05, 0) is 26.8 Å². The van der Waals surface area contributed by atoms with Crippen molar-refractivity contribution in [3.05, 3.63) is 92.8 Å². The first-order chi connectivity index (χ1) is 18.3. The van der Waals surface area contributed by atoms with E-state index < -0.39 is 18.2 Å². The van der Waals surface area contributed by atoms with Gasteiger partial charge >= 0.3 is 12.3 Å². The third-order valence-corrected chi connectivity index (χ3v) is 5.99. The van der Waals surface area contributed by atoms with Gasteiger partial charge < -0.3 is 28.7 Å². The second kappa shape index (κ2) is 11.0. The van der Waals surface area contributed by atoms with E-state index in [-0.39, 0.29) is 29.1 Å². The minimum atomic E-state index is -1.05. The van der Waals surface area contributed by atoms with E-state index in [2.05, 4.69) is 11.2 Å². The van der Waals surface area contributed by atoms with Crippen molar-refractivity contribution < 1.29 is 33.0 Å². The highest BCUT2D eigenvalue weighted by Gasteiger charge is 2.37. The number of carbonyl (C=O) groups is 2. The minimum absolute atomic E-state index is 0.0634. The van der Waals surface area contributed by atoms with Gasteiger partial charge in [0.1, 0.15) is 28.8 Å². The van der Waals surface area contributed by atoms with Gasteiger partial charge in [-0.25, -0.2) is 9.59 Å². The molecule has 2 heterocycles. The molecule has 0 saturated carbocycles. The zero-order valence-corrected chi connectivity index (χ0v) is 21.2. The largest absolute Gasteiger partial charge is 0.514 e. The fourth-order valence-electron chi connectivity index (χ4n) is 4.28. The summed E-state index contributed by atoms with van der Waals surface area (Å²) < 4.78 is 27.1. The summed E-state index contributed by atoms with van der Waals surface area (Å²) >= 11 is 0. The van der Waals surface area contributed by atoms with E-state index >= 15 is 0 Å². The summed E-state index contributed by atoms with van der Waals surface area (Å²) in [4.78, 5) is 38.1. The summed E-state index contributed by atoms with van der Waals surface area (Å²) in [5, 5.41) is 3.34. The number of fused-ring (bicyclic) bond motifs is 1. The topological polar surface area (TPSA) is 113 Å². The lowest BCUT2D eigenvalue weighted by atomic mass is 9.89. The van der Waals surface area contributed by atoms with Gasteiger partial charge in [-0.1, -0.05) is 48.4 Å². The van der Waals surface area contributed by atoms with E-state index in [1.807, 2.05) is 30.3 Å². The maximum atomic E-state index is 13.4. The summed E-state index contributed by atoms with van der Waals surface area (Å²) in [6.45, 7) is 4.76. The number of carbonyl (C=O) groups excluding carboxylic acids is 2. The number of dihydropyridines is 1. The maximum Gasteiger partial charge on any atom is 0.514 e. The highest BCUT2D eigenvalue weighted by molar-refractivity contribution is 5.84. The Kier molecular flexibility index (Phi) is 7.53. The van der Waals surface area contributed by atoms with Crippen LogP contribution in [0.1, 0.15) is 30.9 Å². The minimum Gasteiger partial charge on any atom is -0.455 e. The number of ether oxygens (including phenoxy) is 4. The van der Waals surface area contributed by atoms with Crippen molar-refractivity contribution in [1.82, 2.24) is 5.32 Å². The zero-order valence-electron chi connectivity index (χ0n) is 21.2. The molecule has 0 fully saturated rings. The number of benzene rings is 2. The van der Waals surface area contributed by atoms with Crippen LogP contribution in [-0.4, -0.2) is 26.0 Å². The van der Waals surface area contributed by atoms with Crippen molar-refractivity contribution in [3.63, 3.8) is 0 Å². The van der Waals surface area contributed by atoms with E-state index in [9.17, 15) is 14.4 Å². The number of hydrogen-bond donors (Lipinski definition) is 1. The van der Waals surface area contributed by atoms with Crippen LogP contribution in [0.5, 0.6) is 0 Å². The average Bonchev–Trinajstić information content (AvgIpc) is 2.92. The lowest BCUT2D eigenvalue weighted by Crippen LogP contribution is -2.29. The number of hydrogen-bond acceptors (Lipinski definition) is 9. The number of nitrogens with one attached hydrogen (secondary N) is 1. The lowest BCUT2D eigenvalue weighted by molar-refractivity contribution is 0.0737. The van der Waals surface area contributed by atoms with Gasteiger partial charge in [0.25, 0.3) is 0 Å². The van der Waals surface area contributed by atoms with Gasteiger partial charge in [0, 0.05) is 16.7 Å². The summed E-state index contributed by atoms with van der Waals surface area (Å²) in [5.74, 6) is 1.74. The first-order valence-corrected chi connectivity index (χ1v) is 11.6. The van der Waals surface area contributed by atoms with E-state index in [4.69, 9.17) is 29.8 Å². The van der Waals surface area contributed by atoms with Gasteiger partial charge in [0.15, 0.2) is 12.0 Å². The zero-order chi connectivity index (χ0) is 27.4. The van der Waals surface area contributed by atoms with Gasteiger partial charge in [0.2, 0.25) is 0 Å². The number of rotatable bonds is 5. The van der Waals surface area contributed by atoms with Gasteiger partial charge in [-0.2, -0.15) is 0 Å². The van der Waals surface area contributed by atoms with Gasteiger partial charge in [0.05, 0.1) is 23.9 Å². The standard InChI is InChI=1S/C29H25NO8/c1-6-15-35-29(33)38-26-18(4)30-17(3)25(37-28(32)34-5)22(26)20-13-10-14-21-23(31)16(2)24(36-27(20)21)19-11-8-7-9-12-19/h1,7-14,22,30H,15H2,2-5H3. The Morgan fingerprint density at radius 3 is 2.26 bits per heavy atom. The number of allylic oxidation sites excluding steroid dienone is 2. The Hall–Kier alpha value is -4.97. The summed E-state index contributed by atoms with van der Waals surface area (Å²) in [6.07, 6.45) is 3.15. The van der Waals surface area contributed by atoms with Crippen LogP contribution in [0.3, 0.4) is 0 Å². The van der Waals surface area contributed by atoms with E-state index in [0.717, 1.165) is 0 Å². The molecule has 194 valence electrons. The van der Waals surface area contributed by atoms with E-state index in [0.29, 0.717) is 39.2 Å². The lowest BCUT2D eigenvalue weighted by Gasteiger charge is -2.30. The molecule has 38 heavy (non-hydrogen) atoms. The van der Waals surface area contributed by atoms with Gasteiger partial charge in [-0.15, -0.1) is 6.42 Å². The highest BCUT2D eigenvalue weighted by Crippen LogP contribution is 2.42. The summed E-state index contributed by atoms with van der Waals surface area (Å²) in [6, 6.07) is 14.2. The predicted molar refractivity (Wildman–Crippen MR) is 139 cm³/mol. The van der Waals surface area contributed by atoms with Crippen molar-refractivity contribution in [2.45, 2.75) is 26.7 Å². The van der Waals surface area contributed by atoms with Crippen molar-refractivity contribution >= 4 is 23.3 Å². The first-order valence-electron chi connectivity index (χ1n) is 11.6. The molecule has 1 aliphatic heterocycles. The molecule has 1 unspecified atom stereocenters. The van der Waals surface area contributed by atoms with Crippen molar-refractivity contribution in [2.75, 3.05) is 13.7 Å². The Morgan fingerprint density at radius 1 is 0.974 bits per heavy atom. The molecule has 0 amide bonds. The van der Waals surface area contributed by atoms with Crippen molar-refractivity contribution in [2.24, 2.45) is 0 Å². The van der Waals surface area contributed by atoms with Crippen LogP contribution < -0.4 is 10.7 Å². The normalized spacial score (nSPS) is 15.0. The molecule has 4 rings (SSSR count). The van der Waals surface area contributed by atoms with Crippen LogP contribution in [0, 0.1) is 19.3 Å². The molecule has 3 aromatic rings. The molecule has 9 nitrogen and oxygen atoms in total. The fraction of sp³-hybridized carbons (Fsp3) is 0.207. The SMILES string of the molecule is C#CCOC(=O)OC1=C(C)NC(C)=C(OC(=O)OC)C1c1cccc2c(=O)c(C)c(-c3ccccc3)oc12. The third-order valence-electron chi connectivity index (χ3n) is 5.99. The molecule has 1 aromatic heterocycles. The Labute approximate surface area is 218 Å². The van der Waals surface area contributed by atoms with Gasteiger partial charge in [-0.3, -0.25) is 4.79 Å². The molecular formula is C29H25NO8. The van der Waals surface area contributed by atoms with Crippen LogP contribution in [0.25, 0.3) is 22.3 Å². The third kappa shape index (κ3) is 4.97. The summed E-state index contributed by atoms with van der Waals surface area (Å²) in [7, 11) is 1.17. The van der Waals surface area contributed by atoms with E-state index in [1.165, 1.54) is 7.11 Å². The highest BCUT2D eigenvalue weighted by atomic mass is 16.7. The molecule has 9 heteroatoms. The fourth-order valence-corrected chi connectivity index (χ4v) is 4.28. The first kappa shape index (κ1) is 26.1. The molecule has 1 N–H and O–H groups in total. The molecule has 0 radical (unpaired) electrons. The molecule has 0 saturated heterocycles. The molecule has 1 atom stereocenters. The molecule has 0 aliphatic carbocycles. The molecular weight excluding hydrogens is 490 g/mol. The van der Waals surface area contributed by atoms with Crippen LogP contribution >= 0.6 is 0 Å². The Balaban J connectivity index is 1.98. The second-order valence-electron chi connectivity index (χ2n) is 8.41. The van der Waals surface area contributed by atoms with Crippen molar-refractivity contribution in [1.29, 1.82) is 0 Å². The average molecular weight is 516 g/mol. The number of methoxy groups -OCH3 is 1. The Bertz CT molecular complexity index is 1570. The monoisotopic (exact) mass is 515 g/mol. The van der Waals surface area contributed by atoms with Crippen molar-refractivity contribution in [3.8, 4) is 23.7 Å². The quantitative estimate of drug-likeness (QED) is 0.348. The number of para-hydroxylation sites is 1.